The molecule has 0 saturated carbocycles. The van der Waals surface area contributed by atoms with Gasteiger partial charge in [0, 0.05) is 23.6 Å². The van der Waals surface area contributed by atoms with Crippen molar-refractivity contribution in [2.45, 2.75) is 33.4 Å². The summed E-state index contributed by atoms with van der Waals surface area (Å²) in [5.74, 6) is -0.345. The zero-order chi connectivity index (χ0) is 21.7. The minimum absolute atomic E-state index is 0.0156. The van der Waals surface area contributed by atoms with E-state index in [-0.39, 0.29) is 25.2 Å². The third-order valence-electron chi connectivity index (χ3n) is 4.30. The normalized spacial score (nSPS) is 10.8. The maximum atomic E-state index is 12.0. The molecule has 0 spiro atoms. The van der Waals surface area contributed by atoms with Crippen LogP contribution in [-0.4, -0.2) is 24.5 Å². The first-order valence-corrected chi connectivity index (χ1v) is 9.54. The summed E-state index contributed by atoms with van der Waals surface area (Å²) in [5.41, 5.74) is 2.10. The molecule has 1 aromatic heterocycles. The SMILES string of the molecule is Cc1cc(=O)oc2cc(OCc3ccc(C(=O)OCC(=O)NC(C)C)cc3)ccc12. The van der Waals surface area contributed by atoms with Gasteiger partial charge in [-0.15, -0.1) is 0 Å². The largest absolute Gasteiger partial charge is 0.489 e. The zero-order valence-corrected chi connectivity index (χ0v) is 17.1. The van der Waals surface area contributed by atoms with Crippen LogP contribution >= 0.6 is 0 Å². The number of carbonyl (C=O) groups is 2. The van der Waals surface area contributed by atoms with Crippen LogP contribution in [0.1, 0.15) is 35.3 Å². The van der Waals surface area contributed by atoms with Crippen molar-refractivity contribution < 1.29 is 23.5 Å². The number of benzene rings is 2. The zero-order valence-electron chi connectivity index (χ0n) is 17.1. The summed E-state index contributed by atoms with van der Waals surface area (Å²) in [6.45, 7) is 5.46. The average molecular weight is 409 g/mol. The maximum absolute atomic E-state index is 12.0. The molecule has 3 rings (SSSR count). The highest BCUT2D eigenvalue weighted by Gasteiger charge is 2.11. The second kappa shape index (κ2) is 9.26. The molecule has 0 bridgehead atoms. The lowest BCUT2D eigenvalue weighted by molar-refractivity contribution is -0.124. The molecule has 0 aliphatic rings. The van der Waals surface area contributed by atoms with Gasteiger partial charge in [0.25, 0.3) is 5.91 Å². The monoisotopic (exact) mass is 409 g/mol. The fourth-order valence-corrected chi connectivity index (χ4v) is 2.88. The molecule has 0 saturated heterocycles. The van der Waals surface area contributed by atoms with Gasteiger partial charge in [0.2, 0.25) is 0 Å². The third kappa shape index (κ3) is 5.47. The Morgan fingerprint density at radius 1 is 1.07 bits per heavy atom. The fraction of sp³-hybridized carbons (Fsp3) is 0.261. The van der Waals surface area contributed by atoms with E-state index in [1.165, 1.54) is 6.07 Å². The highest BCUT2D eigenvalue weighted by atomic mass is 16.5. The van der Waals surface area contributed by atoms with Crippen molar-refractivity contribution in [3.63, 3.8) is 0 Å². The number of hydrogen-bond donors (Lipinski definition) is 1. The number of hydrogen-bond acceptors (Lipinski definition) is 6. The van der Waals surface area contributed by atoms with E-state index in [2.05, 4.69) is 5.32 Å². The van der Waals surface area contributed by atoms with Crippen LogP contribution in [0.15, 0.2) is 57.7 Å². The Morgan fingerprint density at radius 2 is 1.80 bits per heavy atom. The third-order valence-corrected chi connectivity index (χ3v) is 4.30. The quantitative estimate of drug-likeness (QED) is 0.475. The van der Waals surface area contributed by atoms with E-state index in [4.69, 9.17) is 13.9 Å². The lowest BCUT2D eigenvalue weighted by Crippen LogP contribution is -2.33. The van der Waals surface area contributed by atoms with E-state index < -0.39 is 11.6 Å². The predicted octanol–water partition coefficient (Wildman–Crippen LogP) is 3.36. The van der Waals surface area contributed by atoms with Gasteiger partial charge in [-0.1, -0.05) is 12.1 Å². The average Bonchev–Trinajstić information content (AvgIpc) is 2.70. The fourth-order valence-electron chi connectivity index (χ4n) is 2.88. The van der Waals surface area contributed by atoms with E-state index in [1.807, 2.05) is 32.9 Å². The van der Waals surface area contributed by atoms with Gasteiger partial charge in [0.1, 0.15) is 17.9 Å². The topological polar surface area (TPSA) is 94.8 Å². The number of carbonyl (C=O) groups excluding carboxylic acids is 2. The lowest BCUT2D eigenvalue weighted by Gasteiger charge is -2.10. The van der Waals surface area contributed by atoms with Gasteiger partial charge in [0.15, 0.2) is 6.61 Å². The van der Waals surface area contributed by atoms with Crippen LogP contribution in [0.3, 0.4) is 0 Å². The smallest absolute Gasteiger partial charge is 0.338 e. The Bertz CT molecular complexity index is 1110. The van der Waals surface area contributed by atoms with Gasteiger partial charge in [0.05, 0.1) is 5.56 Å². The van der Waals surface area contributed by atoms with Crippen LogP contribution in [0.2, 0.25) is 0 Å². The molecule has 0 aliphatic carbocycles. The molecule has 3 aromatic rings. The molecule has 0 fully saturated rings. The molecule has 156 valence electrons. The molecule has 0 unspecified atom stereocenters. The molecule has 0 atom stereocenters. The number of aryl methyl sites for hydroxylation is 1. The van der Waals surface area contributed by atoms with Gasteiger partial charge in [-0.05, 0) is 56.2 Å². The van der Waals surface area contributed by atoms with Gasteiger partial charge in [-0.2, -0.15) is 0 Å². The summed E-state index contributed by atoms with van der Waals surface area (Å²) >= 11 is 0. The van der Waals surface area contributed by atoms with Crippen LogP contribution in [0.25, 0.3) is 11.0 Å². The van der Waals surface area contributed by atoms with Crippen molar-refractivity contribution in [1.82, 2.24) is 5.32 Å². The number of fused-ring (bicyclic) bond motifs is 1. The van der Waals surface area contributed by atoms with Crippen molar-refractivity contribution in [3.8, 4) is 5.75 Å². The first-order chi connectivity index (χ1) is 14.3. The van der Waals surface area contributed by atoms with Crippen molar-refractivity contribution in [1.29, 1.82) is 0 Å². The van der Waals surface area contributed by atoms with Crippen molar-refractivity contribution in [3.05, 3.63) is 75.6 Å². The number of esters is 1. The maximum Gasteiger partial charge on any atom is 0.338 e. The summed E-state index contributed by atoms with van der Waals surface area (Å²) in [7, 11) is 0. The van der Waals surface area contributed by atoms with E-state index in [0.29, 0.717) is 16.9 Å². The Hall–Kier alpha value is -3.61. The van der Waals surface area contributed by atoms with Crippen molar-refractivity contribution in [2.24, 2.45) is 0 Å². The van der Waals surface area contributed by atoms with Crippen LogP contribution < -0.4 is 15.7 Å². The van der Waals surface area contributed by atoms with E-state index in [9.17, 15) is 14.4 Å². The second-order valence-electron chi connectivity index (χ2n) is 7.19. The molecule has 0 radical (unpaired) electrons. The molecule has 7 heteroatoms. The van der Waals surface area contributed by atoms with Crippen LogP contribution in [0, 0.1) is 6.92 Å². The number of nitrogens with one attached hydrogen (secondary N) is 1. The summed E-state index contributed by atoms with van der Waals surface area (Å²) in [4.78, 5) is 35.1. The Kier molecular flexibility index (Phi) is 6.51. The van der Waals surface area contributed by atoms with Gasteiger partial charge < -0.3 is 19.2 Å². The Labute approximate surface area is 173 Å². The molecule has 30 heavy (non-hydrogen) atoms. The van der Waals surface area contributed by atoms with Gasteiger partial charge in [-0.3, -0.25) is 4.79 Å². The molecule has 1 amide bonds. The number of amides is 1. The summed E-state index contributed by atoms with van der Waals surface area (Å²) in [6.07, 6.45) is 0. The molecule has 0 aliphatic heterocycles. The standard InChI is InChI=1S/C23H23NO6/c1-14(2)24-21(25)13-29-23(27)17-6-4-16(5-7-17)12-28-18-8-9-19-15(3)10-22(26)30-20(19)11-18/h4-11,14H,12-13H2,1-3H3,(H,24,25). The summed E-state index contributed by atoms with van der Waals surface area (Å²) in [6, 6.07) is 13.5. The Morgan fingerprint density at radius 3 is 2.50 bits per heavy atom. The predicted molar refractivity (Wildman–Crippen MR) is 112 cm³/mol. The summed E-state index contributed by atoms with van der Waals surface area (Å²) < 4.78 is 16.0. The van der Waals surface area contributed by atoms with Crippen molar-refractivity contribution in [2.75, 3.05) is 6.61 Å². The number of rotatable bonds is 7. The van der Waals surface area contributed by atoms with Gasteiger partial charge in [-0.25, -0.2) is 9.59 Å². The van der Waals surface area contributed by atoms with E-state index >= 15 is 0 Å². The van der Waals surface area contributed by atoms with E-state index in [1.54, 1.807) is 30.3 Å². The van der Waals surface area contributed by atoms with Gasteiger partial charge >= 0.3 is 11.6 Å². The first kappa shape index (κ1) is 21.1. The second-order valence-corrected chi connectivity index (χ2v) is 7.19. The molecule has 1 heterocycles. The van der Waals surface area contributed by atoms with Crippen molar-refractivity contribution >= 4 is 22.8 Å². The molecule has 1 N–H and O–H groups in total. The highest BCUT2D eigenvalue weighted by Crippen LogP contribution is 2.23. The molecular formula is C23H23NO6. The number of ether oxygens (including phenoxy) is 2. The highest BCUT2D eigenvalue weighted by molar-refractivity contribution is 5.91. The van der Waals surface area contributed by atoms with Crippen LogP contribution in [0.5, 0.6) is 5.75 Å². The molecule has 2 aromatic carbocycles. The minimum Gasteiger partial charge on any atom is -0.489 e. The van der Waals surface area contributed by atoms with E-state index in [0.717, 1.165) is 16.5 Å². The lowest BCUT2D eigenvalue weighted by atomic mass is 10.1. The minimum atomic E-state index is -0.568. The van der Waals surface area contributed by atoms with Crippen LogP contribution in [0.4, 0.5) is 0 Å². The summed E-state index contributed by atoms with van der Waals surface area (Å²) in [5, 5.41) is 3.51. The molecular weight excluding hydrogens is 386 g/mol. The van der Waals surface area contributed by atoms with Crippen LogP contribution in [-0.2, 0) is 16.1 Å². The first-order valence-electron chi connectivity index (χ1n) is 9.54. The Balaban J connectivity index is 1.58. The molecule has 7 nitrogen and oxygen atoms in total.